The Kier molecular flexibility index (Phi) is 4.12. The van der Waals surface area contributed by atoms with Crippen molar-refractivity contribution in [2.24, 2.45) is 5.73 Å². The Morgan fingerprint density at radius 1 is 1.22 bits per heavy atom. The lowest BCUT2D eigenvalue weighted by Crippen LogP contribution is -2.38. The molecule has 0 unspecified atom stereocenters. The Labute approximate surface area is 117 Å². The fourth-order valence-corrected chi connectivity index (χ4v) is 3.26. The molecule has 0 saturated heterocycles. The summed E-state index contributed by atoms with van der Waals surface area (Å²) in [6, 6.07) is 3.84. The number of nitrogens with two attached hydrogens (primary N) is 1. The van der Waals surface area contributed by atoms with Crippen LogP contribution >= 0.6 is 15.9 Å². The van der Waals surface area contributed by atoms with Crippen molar-refractivity contribution in [3.05, 3.63) is 33.5 Å². The minimum absolute atomic E-state index is 0.145. The van der Waals surface area contributed by atoms with Crippen LogP contribution in [0.25, 0.3) is 0 Å². The molecular weight excluding hydrogens is 293 g/mol. The van der Waals surface area contributed by atoms with Crippen LogP contribution in [0, 0.1) is 5.82 Å². The summed E-state index contributed by atoms with van der Waals surface area (Å²) in [6.45, 7) is 4.03. The number of halogens is 2. The number of benzene rings is 1. The summed E-state index contributed by atoms with van der Waals surface area (Å²) in [7, 11) is 0. The summed E-state index contributed by atoms with van der Waals surface area (Å²) >= 11 is 3.33. The predicted octanol–water partition coefficient (Wildman–Crippen LogP) is 4.83. The molecule has 0 heterocycles. The second-order valence-corrected chi connectivity index (χ2v) is 6.59. The van der Waals surface area contributed by atoms with Gasteiger partial charge in [0.1, 0.15) is 5.82 Å². The lowest BCUT2D eigenvalue weighted by atomic mass is 9.76. The Hall–Kier alpha value is -0.410. The van der Waals surface area contributed by atoms with Crippen molar-refractivity contribution < 1.29 is 4.39 Å². The summed E-state index contributed by atoms with van der Waals surface area (Å²) in [5.41, 5.74) is 8.10. The van der Waals surface area contributed by atoms with Gasteiger partial charge in [0.05, 0.1) is 4.47 Å². The first-order valence-electron chi connectivity index (χ1n) is 6.72. The zero-order valence-electron chi connectivity index (χ0n) is 11.1. The number of hydrogen-bond donors (Lipinski definition) is 1. The molecule has 1 saturated carbocycles. The topological polar surface area (TPSA) is 26.0 Å². The first-order valence-corrected chi connectivity index (χ1v) is 7.51. The normalized spacial score (nSPS) is 19.2. The quantitative estimate of drug-likeness (QED) is 0.831. The average molecular weight is 314 g/mol. The highest BCUT2D eigenvalue weighted by Crippen LogP contribution is 2.38. The molecule has 1 aromatic rings. The van der Waals surface area contributed by atoms with Crippen LogP contribution in [0.3, 0.4) is 0 Å². The molecule has 0 atom stereocenters. The van der Waals surface area contributed by atoms with Crippen molar-refractivity contribution in [3.63, 3.8) is 0 Å². The molecular formula is C15H21BrFN. The SMILES string of the molecule is CC(C)c1cc(C2(N)CCCCC2)cc(Br)c1F. The van der Waals surface area contributed by atoms with Crippen LogP contribution in [0.15, 0.2) is 16.6 Å². The molecule has 3 heteroatoms. The van der Waals surface area contributed by atoms with Crippen LogP contribution in [0.1, 0.15) is 63.0 Å². The first-order chi connectivity index (χ1) is 8.44. The largest absolute Gasteiger partial charge is 0.321 e. The summed E-state index contributed by atoms with van der Waals surface area (Å²) in [6.07, 6.45) is 5.61. The minimum Gasteiger partial charge on any atom is -0.321 e. The van der Waals surface area contributed by atoms with E-state index in [-0.39, 0.29) is 17.3 Å². The van der Waals surface area contributed by atoms with Gasteiger partial charge in [-0.25, -0.2) is 4.39 Å². The van der Waals surface area contributed by atoms with Crippen molar-refractivity contribution in [2.75, 3.05) is 0 Å². The van der Waals surface area contributed by atoms with E-state index in [0.717, 1.165) is 24.0 Å². The molecule has 0 aromatic heterocycles. The monoisotopic (exact) mass is 313 g/mol. The summed E-state index contributed by atoms with van der Waals surface area (Å²) < 4.78 is 14.6. The van der Waals surface area contributed by atoms with E-state index in [2.05, 4.69) is 15.9 Å². The maximum Gasteiger partial charge on any atom is 0.140 e. The fraction of sp³-hybridized carbons (Fsp3) is 0.600. The van der Waals surface area contributed by atoms with Crippen LogP contribution in [-0.2, 0) is 5.54 Å². The average Bonchev–Trinajstić information content (AvgIpc) is 2.33. The lowest BCUT2D eigenvalue weighted by molar-refractivity contribution is 0.301. The zero-order valence-corrected chi connectivity index (χ0v) is 12.7. The van der Waals surface area contributed by atoms with Gasteiger partial charge < -0.3 is 5.73 Å². The molecule has 0 bridgehead atoms. The van der Waals surface area contributed by atoms with E-state index >= 15 is 0 Å². The van der Waals surface area contributed by atoms with E-state index in [1.54, 1.807) is 0 Å². The van der Waals surface area contributed by atoms with Gasteiger partial charge in [0.15, 0.2) is 0 Å². The van der Waals surface area contributed by atoms with Gasteiger partial charge in [0.25, 0.3) is 0 Å². The van der Waals surface area contributed by atoms with E-state index < -0.39 is 0 Å². The second-order valence-electron chi connectivity index (χ2n) is 5.73. The highest BCUT2D eigenvalue weighted by atomic mass is 79.9. The summed E-state index contributed by atoms with van der Waals surface area (Å²) in [5, 5.41) is 0. The molecule has 2 N–H and O–H groups in total. The molecule has 0 aliphatic heterocycles. The summed E-state index contributed by atoms with van der Waals surface area (Å²) in [5.74, 6) is 0.0293. The van der Waals surface area contributed by atoms with Gasteiger partial charge >= 0.3 is 0 Å². The summed E-state index contributed by atoms with van der Waals surface area (Å²) in [4.78, 5) is 0. The van der Waals surface area contributed by atoms with Crippen molar-refractivity contribution >= 4 is 15.9 Å². The molecule has 1 nitrogen and oxygen atoms in total. The fourth-order valence-electron chi connectivity index (χ4n) is 2.79. The highest BCUT2D eigenvalue weighted by molar-refractivity contribution is 9.10. The van der Waals surface area contributed by atoms with Crippen molar-refractivity contribution in [2.45, 2.75) is 57.4 Å². The molecule has 18 heavy (non-hydrogen) atoms. The van der Waals surface area contributed by atoms with Crippen LogP contribution < -0.4 is 5.73 Å². The molecule has 0 amide bonds. The van der Waals surface area contributed by atoms with Crippen molar-refractivity contribution in [1.29, 1.82) is 0 Å². The Morgan fingerprint density at radius 2 is 1.83 bits per heavy atom. The van der Waals surface area contributed by atoms with E-state index in [4.69, 9.17) is 5.73 Å². The van der Waals surface area contributed by atoms with Crippen LogP contribution in [0.5, 0.6) is 0 Å². The third kappa shape index (κ3) is 2.62. The van der Waals surface area contributed by atoms with Gasteiger partial charge in [-0.1, -0.05) is 39.2 Å². The standard InChI is InChI=1S/C15H21BrFN/c1-10(2)12-8-11(9-13(16)14(12)17)15(18)6-4-3-5-7-15/h8-10H,3-7,18H2,1-2H3. The second kappa shape index (κ2) is 5.30. The predicted molar refractivity (Wildman–Crippen MR) is 77.1 cm³/mol. The Morgan fingerprint density at radius 3 is 2.39 bits per heavy atom. The molecule has 100 valence electrons. The van der Waals surface area contributed by atoms with Gasteiger partial charge in [0, 0.05) is 5.54 Å². The van der Waals surface area contributed by atoms with E-state index in [1.165, 1.54) is 19.3 Å². The lowest BCUT2D eigenvalue weighted by Gasteiger charge is -2.34. The molecule has 1 aliphatic carbocycles. The van der Waals surface area contributed by atoms with Crippen molar-refractivity contribution in [3.8, 4) is 0 Å². The molecule has 2 rings (SSSR count). The number of rotatable bonds is 2. The molecule has 1 aromatic carbocycles. The Balaban J connectivity index is 2.45. The molecule has 0 radical (unpaired) electrons. The van der Waals surface area contributed by atoms with E-state index in [0.29, 0.717) is 4.47 Å². The first kappa shape index (κ1) is 14.0. The molecule has 1 aliphatic rings. The van der Waals surface area contributed by atoms with Gasteiger partial charge in [0.2, 0.25) is 0 Å². The van der Waals surface area contributed by atoms with Crippen LogP contribution in [0.2, 0.25) is 0 Å². The van der Waals surface area contributed by atoms with Gasteiger partial charge in [-0.05, 0) is 51.9 Å². The molecule has 1 fully saturated rings. The van der Waals surface area contributed by atoms with Gasteiger partial charge in [-0.2, -0.15) is 0 Å². The van der Waals surface area contributed by atoms with Crippen LogP contribution in [-0.4, -0.2) is 0 Å². The minimum atomic E-state index is -0.266. The smallest absolute Gasteiger partial charge is 0.140 e. The molecule has 0 spiro atoms. The third-order valence-corrected chi connectivity index (χ3v) is 4.58. The van der Waals surface area contributed by atoms with Crippen LogP contribution in [0.4, 0.5) is 4.39 Å². The highest BCUT2D eigenvalue weighted by Gasteiger charge is 2.30. The Bertz CT molecular complexity index is 436. The van der Waals surface area contributed by atoms with E-state index in [1.807, 2.05) is 26.0 Å². The maximum atomic E-state index is 14.0. The van der Waals surface area contributed by atoms with Crippen molar-refractivity contribution in [1.82, 2.24) is 0 Å². The third-order valence-electron chi connectivity index (χ3n) is 4.00. The van der Waals surface area contributed by atoms with E-state index in [9.17, 15) is 4.39 Å². The number of hydrogen-bond acceptors (Lipinski definition) is 1. The van der Waals surface area contributed by atoms with Gasteiger partial charge in [-0.3, -0.25) is 0 Å². The maximum absolute atomic E-state index is 14.0. The zero-order chi connectivity index (χ0) is 13.3. The van der Waals surface area contributed by atoms with Gasteiger partial charge in [-0.15, -0.1) is 0 Å².